The van der Waals surface area contributed by atoms with E-state index >= 15 is 0 Å². The molecule has 0 radical (unpaired) electrons. The SMILES string of the molecule is C/C1=C/CCC(C)(C)CC(=O)C1Cl. The fraction of sp³-hybridized carbons (Fsp3) is 0.727. The lowest BCUT2D eigenvalue weighted by Crippen LogP contribution is -2.25. The molecule has 0 bridgehead atoms. The van der Waals surface area contributed by atoms with Crippen LogP contribution in [0.25, 0.3) is 0 Å². The van der Waals surface area contributed by atoms with Crippen molar-refractivity contribution < 1.29 is 4.79 Å². The van der Waals surface area contributed by atoms with Crippen molar-refractivity contribution in [3.63, 3.8) is 0 Å². The molecule has 1 aliphatic rings. The molecule has 0 aromatic heterocycles. The van der Waals surface area contributed by atoms with Gasteiger partial charge in [0, 0.05) is 6.42 Å². The van der Waals surface area contributed by atoms with E-state index in [4.69, 9.17) is 11.6 Å². The zero-order valence-electron chi connectivity index (χ0n) is 8.56. The van der Waals surface area contributed by atoms with E-state index in [9.17, 15) is 4.79 Å². The van der Waals surface area contributed by atoms with Crippen molar-refractivity contribution in [2.24, 2.45) is 5.41 Å². The maximum absolute atomic E-state index is 11.6. The average molecular weight is 201 g/mol. The Morgan fingerprint density at radius 2 is 2.15 bits per heavy atom. The third-order valence-corrected chi connectivity index (χ3v) is 3.21. The van der Waals surface area contributed by atoms with Crippen LogP contribution in [0.3, 0.4) is 0 Å². The van der Waals surface area contributed by atoms with Crippen LogP contribution in [0.5, 0.6) is 0 Å². The van der Waals surface area contributed by atoms with Gasteiger partial charge in [0.1, 0.15) is 5.38 Å². The summed E-state index contributed by atoms with van der Waals surface area (Å²) in [6.07, 6.45) is 4.80. The molecule has 74 valence electrons. The summed E-state index contributed by atoms with van der Waals surface area (Å²) in [6.45, 7) is 6.19. The lowest BCUT2D eigenvalue weighted by Gasteiger charge is -2.26. The number of hydrogen-bond acceptors (Lipinski definition) is 1. The van der Waals surface area contributed by atoms with Gasteiger partial charge in [-0.05, 0) is 25.2 Å². The van der Waals surface area contributed by atoms with Crippen molar-refractivity contribution in [2.45, 2.75) is 45.4 Å². The third kappa shape index (κ3) is 2.84. The van der Waals surface area contributed by atoms with E-state index < -0.39 is 0 Å². The summed E-state index contributed by atoms with van der Waals surface area (Å²) in [4.78, 5) is 11.6. The van der Waals surface area contributed by atoms with Gasteiger partial charge in [-0.1, -0.05) is 25.5 Å². The van der Waals surface area contributed by atoms with Gasteiger partial charge < -0.3 is 0 Å². The first-order chi connectivity index (χ1) is 5.92. The highest BCUT2D eigenvalue weighted by Gasteiger charge is 2.28. The molecule has 1 rings (SSSR count). The topological polar surface area (TPSA) is 17.1 Å². The van der Waals surface area contributed by atoms with E-state index in [0.29, 0.717) is 6.42 Å². The molecule has 0 heterocycles. The molecule has 0 saturated carbocycles. The normalized spacial score (nSPS) is 33.1. The van der Waals surface area contributed by atoms with Crippen LogP contribution in [0.1, 0.15) is 40.0 Å². The fourth-order valence-electron chi connectivity index (χ4n) is 1.70. The van der Waals surface area contributed by atoms with Crippen molar-refractivity contribution in [3.8, 4) is 0 Å². The van der Waals surface area contributed by atoms with E-state index in [1.807, 2.05) is 6.92 Å². The monoisotopic (exact) mass is 200 g/mol. The number of halogens is 1. The summed E-state index contributed by atoms with van der Waals surface area (Å²) in [6, 6.07) is 0. The van der Waals surface area contributed by atoms with Crippen LogP contribution in [0.2, 0.25) is 0 Å². The minimum atomic E-state index is -0.389. The van der Waals surface area contributed by atoms with Crippen LogP contribution in [-0.4, -0.2) is 11.2 Å². The lowest BCUT2D eigenvalue weighted by atomic mass is 9.80. The van der Waals surface area contributed by atoms with Gasteiger partial charge in [0.15, 0.2) is 5.78 Å². The molecule has 2 heteroatoms. The smallest absolute Gasteiger partial charge is 0.155 e. The standard InChI is InChI=1S/C11H17ClO/c1-8-5-4-6-11(2,3)7-9(13)10(8)12/h5,10H,4,6-7H2,1-3H3/b8-5-. The molecule has 1 aliphatic carbocycles. The van der Waals surface area contributed by atoms with Gasteiger partial charge >= 0.3 is 0 Å². The Kier molecular flexibility index (Phi) is 3.18. The first-order valence-corrected chi connectivity index (χ1v) is 5.19. The van der Waals surface area contributed by atoms with Crippen LogP contribution in [0.15, 0.2) is 11.6 Å². The Balaban J connectivity index is 2.83. The van der Waals surface area contributed by atoms with Gasteiger partial charge in [-0.2, -0.15) is 0 Å². The van der Waals surface area contributed by atoms with Gasteiger partial charge in [0.25, 0.3) is 0 Å². The predicted octanol–water partition coefficient (Wildman–Crippen LogP) is 3.32. The molecule has 1 atom stereocenters. The van der Waals surface area contributed by atoms with Crippen LogP contribution in [0, 0.1) is 5.41 Å². The summed E-state index contributed by atoms with van der Waals surface area (Å²) < 4.78 is 0. The number of alkyl halides is 1. The Labute approximate surface area is 85.2 Å². The average Bonchev–Trinajstić information content (AvgIpc) is 2.00. The predicted molar refractivity (Wildman–Crippen MR) is 56.0 cm³/mol. The Morgan fingerprint density at radius 1 is 1.54 bits per heavy atom. The van der Waals surface area contributed by atoms with Gasteiger partial charge in [-0.25, -0.2) is 0 Å². The molecule has 0 saturated heterocycles. The molecule has 0 spiro atoms. The Morgan fingerprint density at radius 3 is 2.77 bits per heavy atom. The van der Waals surface area contributed by atoms with Gasteiger partial charge in [0.05, 0.1) is 0 Å². The largest absolute Gasteiger partial charge is 0.298 e. The Bertz CT molecular complexity index is 240. The van der Waals surface area contributed by atoms with Crippen molar-refractivity contribution in [3.05, 3.63) is 11.6 Å². The quantitative estimate of drug-likeness (QED) is 0.433. The van der Waals surface area contributed by atoms with Crippen LogP contribution in [-0.2, 0) is 4.79 Å². The van der Waals surface area contributed by atoms with Crippen molar-refractivity contribution in [2.75, 3.05) is 0 Å². The molecule has 0 aromatic carbocycles. The number of hydrogen-bond donors (Lipinski definition) is 0. The van der Waals surface area contributed by atoms with E-state index in [2.05, 4.69) is 19.9 Å². The number of rotatable bonds is 0. The highest BCUT2D eigenvalue weighted by molar-refractivity contribution is 6.33. The highest BCUT2D eigenvalue weighted by atomic mass is 35.5. The van der Waals surface area contributed by atoms with Crippen molar-refractivity contribution >= 4 is 17.4 Å². The molecular formula is C11H17ClO. The summed E-state index contributed by atoms with van der Waals surface area (Å²) in [5, 5.41) is -0.389. The number of Topliss-reactive ketones (excluding diaryl/α,β-unsaturated/α-hetero) is 1. The second-order valence-electron chi connectivity index (χ2n) is 4.66. The molecule has 0 N–H and O–H groups in total. The highest BCUT2D eigenvalue weighted by Crippen LogP contribution is 2.32. The molecular weight excluding hydrogens is 184 g/mol. The van der Waals surface area contributed by atoms with Crippen LogP contribution in [0.4, 0.5) is 0 Å². The summed E-state index contributed by atoms with van der Waals surface area (Å²) in [5.74, 6) is 0.167. The molecule has 1 unspecified atom stereocenters. The second kappa shape index (κ2) is 3.83. The molecule has 1 nitrogen and oxygen atoms in total. The van der Waals surface area contributed by atoms with Gasteiger partial charge in [-0.15, -0.1) is 11.6 Å². The summed E-state index contributed by atoms with van der Waals surface area (Å²) >= 11 is 6.00. The van der Waals surface area contributed by atoms with E-state index in [-0.39, 0.29) is 16.6 Å². The molecule has 13 heavy (non-hydrogen) atoms. The first-order valence-electron chi connectivity index (χ1n) is 4.76. The van der Waals surface area contributed by atoms with Gasteiger partial charge in [-0.3, -0.25) is 4.79 Å². The minimum Gasteiger partial charge on any atom is -0.298 e. The zero-order chi connectivity index (χ0) is 10.1. The lowest BCUT2D eigenvalue weighted by molar-refractivity contribution is -0.120. The van der Waals surface area contributed by atoms with Crippen LogP contribution >= 0.6 is 11.6 Å². The minimum absolute atomic E-state index is 0.113. The molecule has 0 amide bonds. The van der Waals surface area contributed by atoms with Gasteiger partial charge in [0.2, 0.25) is 0 Å². The summed E-state index contributed by atoms with van der Waals surface area (Å²) in [7, 11) is 0. The van der Waals surface area contributed by atoms with E-state index in [1.165, 1.54) is 0 Å². The molecule has 0 fully saturated rings. The second-order valence-corrected chi connectivity index (χ2v) is 5.09. The first kappa shape index (κ1) is 10.8. The Hall–Kier alpha value is -0.300. The van der Waals surface area contributed by atoms with E-state index in [0.717, 1.165) is 18.4 Å². The number of carbonyl (C=O) groups excluding carboxylic acids is 1. The molecule has 0 aromatic rings. The maximum atomic E-state index is 11.6. The molecule has 0 aliphatic heterocycles. The number of allylic oxidation sites excluding steroid dienone is 2. The van der Waals surface area contributed by atoms with Crippen LogP contribution < -0.4 is 0 Å². The fourth-order valence-corrected chi connectivity index (χ4v) is 1.86. The zero-order valence-corrected chi connectivity index (χ0v) is 9.32. The van der Waals surface area contributed by atoms with Crippen molar-refractivity contribution in [1.29, 1.82) is 0 Å². The van der Waals surface area contributed by atoms with Crippen molar-refractivity contribution in [1.82, 2.24) is 0 Å². The third-order valence-electron chi connectivity index (χ3n) is 2.62. The number of ketones is 1. The maximum Gasteiger partial charge on any atom is 0.155 e. The summed E-state index contributed by atoms with van der Waals surface area (Å²) in [5.41, 5.74) is 1.13. The number of carbonyl (C=O) groups is 1. The van der Waals surface area contributed by atoms with E-state index in [1.54, 1.807) is 0 Å².